The molecule has 0 spiro atoms. The van der Waals surface area contributed by atoms with Crippen LogP contribution in [0.15, 0.2) is 120 Å². The van der Waals surface area contributed by atoms with Crippen LogP contribution in [0.4, 0.5) is 34.1 Å². The van der Waals surface area contributed by atoms with Gasteiger partial charge < -0.3 is 25.4 Å². The van der Waals surface area contributed by atoms with E-state index in [1.165, 1.54) is 80.9 Å². The first-order valence-corrected chi connectivity index (χ1v) is 16.6. The largest absolute Gasteiger partial charge is 1.00 e. The third kappa shape index (κ3) is 9.89. The van der Waals surface area contributed by atoms with Crippen LogP contribution < -0.4 is 84.5 Å². The number of nitrogens with zero attached hydrogens (tertiary/aromatic N) is 5. The number of hydrogen-bond acceptors (Lipinski definition) is 14. The van der Waals surface area contributed by atoms with Crippen LogP contribution >= 0.6 is 0 Å². The van der Waals surface area contributed by atoms with Crippen molar-refractivity contribution in [2.24, 2.45) is 25.4 Å². The number of fused-ring (bicyclic) bond motifs is 1. The summed E-state index contributed by atoms with van der Waals surface area (Å²) in [6, 6.07) is 18.7. The number of rotatable bonds is 10. The Balaban J connectivity index is 0.00000351. The summed E-state index contributed by atoms with van der Waals surface area (Å²) in [4.78, 5) is 2.84. The number of hydrogen-bond donors (Lipinski definition) is 3. The molecule has 0 fully saturated rings. The Morgan fingerprint density at radius 3 is 1.78 bits per heavy atom. The minimum absolute atomic E-state index is 0. The number of benzene rings is 5. The van der Waals surface area contributed by atoms with Crippen molar-refractivity contribution in [3.05, 3.63) is 90.5 Å². The van der Waals surface area contributed by atoms with Crippen molar-refractivity contribution in [1.29, 1.82) is 0 Å². The Kier molecular flexibility index (Phi) is 13.9. The van der Waals surface area contributed by atoms with E-state index in [0.29, 0.717) is 5.69 Å². The maximum Gasteiger partial charge on any atom is 1.00 e. The number of azo groups is 2. The predicted octanol–water partition coefficient (Wildman–Crippen LogP) is -0.716. The van der Waals surface area contributed by atoms with E-state index >= 15 is 0 Å². The molecule has 0 saturated carbocycles. The van der Waals surface area contributed by atoms with Gasteiger partial charge in [0.2, 0.25) is 0 Å². The Hall–Kier alpha value is -3.95. The molecular weight excluding hydrogens is 726 g/mol. The SMILES string of the molecule is COc1cc(N=Nc2c(S(=O)(=O)O)cc3cc(N=C([O-])c4ccc(N)cc4)ccc3c2[O-])c(OC)cc1N=Nc1ccc(S(=O)(=O)O)cc1.[Na+].[Na+]. The van der Waals surface area contributed by atoms with Gasteiger partial charge in [-0.2, -0.15) is 21.9 Å². The summed E-state index contributed by atoms with van der Waals surface area (Å²) in [6.07, 6.45) is 0. The number of nitrogens with two attached hydrogens (primary N) is 1. The van der Waals surface area contributed by atoms with Gasteiger partial charge in [-0.1, -0.05) is 23.9 Å². The van der Waals surface area contributed by atoms with Crippen molar-refractivity contribution >= 4 is 71.0 Å². The second kappa shape index (κ2) is 17.0. The minimum Gasteiger partial charge on any atom is -0.871 e. The first kappa shape index (κ1) is 41.5. The Morgan fingerprint density at radius 2 is 1.25 bits per heavy atom. The summed E-state index contributed by atoms with van der Waals surface area (Å²) >= 11 is 0. The maximum atomic E-state index is 13.5. The Morgan fingerprint density at radius 1 is 0.706 bits per heavy atom. The van der Waals surface area contributed by atoms with Gasteiger partial charge >= 0.3 is 59.1 Å². The molecule has 0 aliphatic heterocycles. The van der Waals surface area contributed by atoms with Gasteiger partial charge in [0.1, 0.15) is 27.8 Å². The molecule has 5 aromatic rings. The van der Waals surface area contributed by atoms with Gasteiger partial charge in [-0.05, 0) is 76.8 Å². The minimum atomic E-state index is -5.01. The molecule has 5 aromatic carbocycles. The number of aliphatic imine (C=N–C) groups is 1. The smallest absolute Gasteiger partial charge is 0.871 e. The fraction of sp³-hybridized carbons (Fsp3) is 0.0645. The first-order valence-electron chi connectivity index (χ1n) is 13.7. The molecule has 5 rings (SSSR count). The molecule has 20 heteroatoms. The topological polar surface area (TPSA) is 261 Å². The zero-order chi connectivity index (χ0) is 35.5. The van der Waals surface area contributed by atoms with E-state index in [1.807, 2.05) is 0 Å². The van der Waals surface area contributed by atoms with Crippen molar-refractivity contribution in [2.75, 3.05) is 20.0 Å². The molecule has 0 aromatic heterocycles. The van der Waals surface area contributed by atoms with Crippen molar-refractivity contribution in [1.82, 2.24) is 0 Å². The van der Waals surface area contributed by atoms with Gasteiger partial charge in [0, 0.05) is 17.8 Å². The van der Waals surface area contributed by atoms with E-state index in [-0.39, 0.29) is 115 Å². The number of nitrogen functional groups attached to an aromatic ring is 1. The quantitative estimate of drug-likeness (QED) is 0.0401. The van der Waals surface area contributed by atoms with E-state index in [1.54, 1.807) is 0 Å². The molecule has 16 nitrogen and oxygen atoms in total. The van der Waals surface area contributed by atoms with Crippen LogP contribution in [-0.2, 0) is 20.2 Å². The maximum absolute atomic E-state index is 13.5. The molecule has 0 amide bonds. The van der Waals surface area contributed by atoms with Gasteiger partial charge in [-0.3, -0.25) is 14.1 Å². The molecule has 0 heterocycles. The Bertz CT molecular complexity index is 2390. The first-order chi connectivity index (χ1) is 23.2. The average molecular weight is 751 g/mol. The number of methoxy groups -OCH3 is 2. The fourth-order valence-corrected chi connectivity index (χ4v) is 5.55. The normalized spacial score (nSPS) is 12.1. The van der Waals surface area contributed by atoms with E-state index in [2.05, 4.69) is 25.4 Å². The average Bonchev–Trinajstić information content (AvgIpc) is 3.06. The third-order valence-electron chi connectivity index (χ3n) is 6.83. The molecule has 0 aliphatic rings. The molecule has 252 valence electrons. The van der Waals surface area contributed by atoms with E-state index in [0.717, 1.165) is 18.2 Å². The summed E-state index contributed by atoms with van der Waals surface area (Å²) < 4.78 is 77.2. The standard InChI is InChI=1S/C31H26N6O10S2.2Na/c1-46-26-16-25(27(47-2)15-24(26)35-34-20-7-10-22(11-8-20)48(40,41)42)36-37-29-28(49(43,44)45)14-18-13-21(9-12-23(18)30(29)38)33-31(39)17-3-5-19(32)6-4-17;;/h3-16,38H,32H2,1-2H3,(H,33,39)(H,40,41,42)(H,43,44,45);;/q;2*+1/p-2. The summed E-state index contributed by atoms with van der Waals surface area (Å²) in [7, 11) is -6.78. The van der Waals surface area contributed by atoms with E-state index in [9.17, 15) is 31.6 Å². The molecule has 4 N–H and O–H groups in total. The molecule has 0 unspecified atom stereocenters. The van der Waals surface area contributed by atoms with Gasteiger partial charge in [-0.25, -0.2) is 0 Å². The second-order valence-electron chi connectivity index (χ2n) is 10.0. The molecule has 51 heavy (non-hydrogen) atoms. The Labute approximate surface area is 335 Å². The van der Waals surface area contributed by atoms with E-state index in [4.69, 9.17) is 19.8 Å². The second-order valence-corrected chi connectivity index (χ2v) is 12.8. The van der Waals surface area contributed by atoms with Crippen molar-refractivity contribution in [2.45, 2.75) is 9.79 Å². The van der Waals surface area contributed by atoms with Crippen LogP contribution in [0, 0.1) is 0 Å². The number of anilines is 1. The van der Waals surface area contributed by atoms with E-state index < -0.39 is 42.5 Å². The zero-order valence-electron chi connectivity index (χ0n) is 27.4. The summed E-state index contributed by atoms with van der Waals surface area (Å²) in [5.74, 6) is -1.33. The van der Waals surface area contributed by atoms with Crippen molar-refractivity contribution in [3.63, 3.8) is 0 Å². The summed E-state index contributed by atoms with van der Waals surface area (Å²) in [5.41, 5.74) is 6.15. The van der Waals surface area contributed by atoms with Crippen molar-refractivity contribution < 1.29 is 105 Å². The molecule has 0 bridgehead atoms. The van der Waals surface area contributed by atoms with Gasteiger partial charge in [0.15, 0.2) is 0 Å². The van der Waals surface area contributed by atoms with Crippen LogP contribution in [0.3, 0.4) is 0 Å². The predicted molar refractivity (Wildman–Crippen MR) is 174 cm³/mol. The number of ether oxygens (including phenoxy) is 2. The zero-order valence-corrected chi connectivity index (χ0v) is 33.0. The molecule has 0 aliphatic carbocycles. The molecular formula is C31H24N6Na2O10S2. The monoisotopic (exact) mass is 750 g/mol. The molecule has 0 saturated heterocycles. The summed E-state index contributed by atoms with van der Waals surface area (Å²) in [5, 5.41) is 42.1. The van der Waals surface area contributed by atoms with Crippen LogP contribution in [0.25, 0.3) is 10.8 Å². The van der Waals surface area contributed by atoms with Crippen molar-refractivity contribution in [3.8, 4) is 17.2 Å². The molecule has 0 atom stereocenters. The van der Waals surface area contributed by atoms with Gasteiger partial charge in [-0.15, -0.1) is 15.3 Å². The third-order valence-corrected chi connectivity index (χ3v) is 8.56. The summed E-state index contributed by atoms with van der Waals surface area (Å²) in [6.45, 7) is 0. The van der Waals surface area contributed by atoms with Gasteiger partial charge in [0.05, 0.1) is 36.2 Å². The van der Waals surface area contributed by atoms with Crippen LogP contribution in [0.2, 0.25) is 0 Å². The van der Waals surface area contributed by atoms with Crippen LogP contribution in [-0.4, -0.2) is 46.1 Å². The van der Waals surface area contributed by atoms with Gasteiger partial charge in [0.25, 0.3) is 20.2 Å². The fourth-order valence-electron chi connectivity index (χ4n) is 4.42. The van der Waals surface area contributed by atoms with Crippen LogP contribution in [0.5, 0.6) is 17.2 Å². The van der Waals surface area contributed by atoms with Crippen LogP contribution in [0.1, 0.15) is 5.56 Å². The molecule has 0 radical (unpaired) electrons.